The largest absolute Gasteiger partial charge is 0.352 e. The molecule has 30 heavy (non-hydrogen) atoms. The summed E-state index contributed by atoms with van der Waals surface area (Å²) in [5.41, 5.74) is 1.23. The molecule has 0 aromatic heterocycles. The van der Waals surface area contributed by atoms with Crippen molar-refractivity contribution in [3.63, 3.8) is 0 Å². The summed E-state index contributed by atoms with van der Waals surface area (Å²) < 4.78 is 27.5. The van der Waals surface area contributed by atoms with E-state index in [0.29, 0.717) is 38.3 Å². The van der Waals surface area contributed by atoms with Gasteiger partial charge in [-0.25, -0.2) is 8.42 Å². The molecule has 168 valence electrons. The lowest BCUT2D eigenvalue weighted by Crippen LogP contribution is -2.47. The van der Waals surface area contributed by atoms with Gasteiger partial charge in [0.2, 0.25) is 10.0 Å². The molecule has 1 N–H and O–H groups in total. The molecule has 0 aliphatic carbocycles. The summed E-state index contributed by atoms with van der Waals surface area (Å²) in [6.07, 6.45) is 3.40. The molecule has 1 aromatic carbocycles. The highest BCUT2D eigenvalue weighted by Crippen LogP contribution is 2.21. The van der Waals surface area contributed by atoms with Crippen LogP contribution in [0.3, 0.4) is 0 Å². The van der Waals surface area contributed by atoms with E-state index in [4.69, 9.17) is 0 Å². The summed E-state index contributed by atoms with van der Waals surface area (Å²) in [4.78, 5) is 17.5. The van der Waals surface area contributed by atoms with Gasteiger partial charge in [0, 0.05) is 38.3 Å². The molecule has 0 saturated carbocycles. The Balaban J connectivity index is 1.57. The average molecular weight is 437 g/mol. The summed E-state index contributed by atoms with van der Waals surface area (Å²) in [6.45, 7) is 10.4. The second-order valence-electron chi connectivity index (χ2n) is 8.82. The number of piperidine rings is 1. The first-order valence-corrected chi connectivity index (χ1v) is 12.5. The van der Waals surface area contributed by atoms with Gasteiger partial charge in [-0.1, -0.05) is 13.0 Å². The van der Waals surface area contributed by atoms with E-state index in [1.807, 2.05) is 14.0 Å². The molecule has 2 aliphatic heterocycles. The maximum absolute atomic E-state index is 13.0. The van der Waals surface area contributed by atoms with Crippen LogP contribution in [0.4, 0.5) is 0 Å². The first-order chi connectivity index (χ1) is 14.3. The minimum Gasteiger partial charge on any atom is -0.352 e. The Morgan fingerprint density at radius 2 is 1.77 bits per heavy atom. The van der Waals surface area contributed by atoms with E-state index in [1.54, 1.807) is 12.1 Å². The van der Waals surface area contributed by atoms with Gasteiger partial charge in [0.05, 0.1) is 4.90 Å². The molecule has 3 rings (SSSR count). The monoisotopic (exact) mass is 436 g/mol. The fraction of sp³-hybridized carbons (Fsp3) is 0.682. The van der Waals surface area contributed by atoms with Gasteiger partial charge in [-0.15, -0.1) is 0 Å². The van der Waals surface area contributed by atoms with E-state index in [2.05, 4.69) is 22.0 Å². The number of rotatable bonds is 7. The van der Waals surface area contributed by atoms with E-state index in [0.717, 1.165) is 37.5 Å². The van der Waals surface area contributed by atoms with Crippen LogP contribution in [-0.4, -0.2) is 87.8 Å². The number of aryl methyl sites for hydroxylation is 1. The molecule has 2 fully saturated rings. The number of carbonyl (C=O) groups is 1. The van der Waals surface area contributed by atoms with Crippen LogP contribution in [0, 0.1) is 12.8 Å². The number of amides is 1. The number of hydrogen-bond acceptors (Lipinski definition) is 5. The molecule has 1 amide bonds. The smallest absolute Gasteiger partial charge is 0.251 e. The van der Waals surface area contributed by atoms with Crippen LogP contribution < -0.4 is 5.32 Å². The van der Waals surface area contributed by atoms with Crippen molar-refractivity contribution < 1.29 is 13.2 Å². The Labute approximate surface area is 181 Å². The number of benzene rings is 1. The number of piperazine rings is 1. The fourth-order valence-electron chi connectivity index (χ4n) is 4.07. The number of nitrogens with one attached hydrogen (secondary N) is 1. The number of carbonyl (C=O) groups excluding carboxylic acids is 1. The second-order valence-corrected chi connectivity index (χ2v) is 10.8. The van der Waals surface area contributed by atoms with Crippen LogP contribution in [0.5, 0.6) is 0 Å². The third-order valence-electron chi connectivity index (χ3n) is 6.37. The zero-order valence-electron chi connectivity index (χ0n) is 18.6. The fourth-order valence-corrected chi connectivity index (χ4v) is 5.52. The predicted molar refractivity (Wildman–Crippen MR) is 119 cm³/mol. The van der Waals surface area contributed by atoms with Crippen molar-refractivity contribution in [2.75, 3.05) is 59.4 Å². The maximum atomic E-state index is 13.0. The Bertz CT molecular complexity index is 827. The van der Waals surface area contributed by atoms with Gasteiger partial charge in [0.25, 0.3) is 5.91 Å². The highest BCUT2D eigenvalue weighted by Gasteiger charge is 2.28. The van der Waals surface area contributed by atoms with Gasteiger partial charge < -0.3 is 15.1 Å². The van der Waals surface area contributed by atoms with Crippen molar-refractivity contribution in [1.82, 2.24) is 19.4 Å². The van der Waals surface area contributed by atoms with Crippen molar-refractivity contribution in [3.8, 4) is 0 Å². The average Bonchev–Trinajstić information content (AvgIpc) is 2.73. The lowest BCUT2D eigenvalue weighted by atomic mass is 9.99. The van der Waals surface area contributed by atoms with E-state index >= 15 is 0 Å². The van der Waals surface area contributed by atoms with Crippen LogP contribution in [0.25, 0.3) is 0 Å². The van der Waals surface area contributed by atoms with Gasteiger partial charge in [-0.2, -0.15) is 4.31 Å². The normalized spacial score (nSPS) is 20.4. The molecule has 2 heterocycles. The summed E-state index contributed by atoms with van der Waals surface area (Å²) in [5, 5.41) is 2.97. The SMILES string of the molecule is Cc1ccc(S(=O)(=O)N2CCN(C)CC2)cc1C(=O)NCCCN1CCC(C)CC1. The molecule has 2 saturated heterocycles. The van der Waals surface area contributed by atoms with Crippen molar-refractivity contribution in [3.05, 3.63) is 29.3 Å². The number of likely N-dealkylation sites (N-methyl/N-ethyl adjacent to an activating group) is 1. The van der Waals surface area contributed by atoms with Gasteiger partial charge in [-0.3, -0.25) is 4.79 Å². The van der Waals surface area contributed by atoms with Crippen molar-refractivity contribution >= 4 is 15.9 Å². The van der Waals surface area contributed by atoms with Crippen LogP contribution in [0.2, 0.25) is 0 Å². The molecule has 1 aromatic rings. The lowest BCUT2D eigenvalue weighted by molar-refractivity contribution is 0.0949. The topological polar surface area (TPSA) is 73.0 Å². The molecule has 8 heteroatoms. The summed E-state index contributed by atoms with van der Waals surface area (Å²) >= 11 is 0. The third kappa shape index (κ3) is 5.81. The molecular weight excluding hydrogens is 400 g/mol. The first-order valence-electron chi connectivity index (χ1n) is 11.1. The van der Waals surface area contributed by atoms with Crippen molar-refractivity contribution in [1.29, 1.82) is 0 Å². The molecular formula is C22H36N4O3S. The second kappa shape index (κ2) is 10.2. The minimum absolute atomic E-state index is 0.199. The van der Waals surface area contributed by atoms with E-state index in [9.17, 15) is 13.2 Å². The predicted octanol–water partition coefficient (Wildman–Crippen LogP) is 1.78. The van der Waals surface area contributed by atoms with Gasteiger partial charge in [-0.05, 0) is 76.5 Å². The van der Waals surface area contributed by atoms with Crippen LogP contribution in [0.15, 0.2) is 23.1 Å². The first kappa shape index (κ1) is 23.2. The standard InChI is InChI=1S/C22H36N4O3S/c1-18-7-11-25(12-8-18)10-4-9-23-22(27)21-17-20(6-5-19(21)2)30(28,29)26-15-13-24(3)14-16-26/h5-6,17-18H,4,7-16H2,1-3H3,(H,23,27). The van der Waals surface area contributed by atoms with Crippen molar-refractivity contribution in [2.24, 2.45) is 5.92 Å². The Morgan fingerprint density at radius 3 is 2.43 bits per heavy atom. The van der Waals surface area contributed by atoms with Crippen LogP contribution in [-0.2, 0) is 10.0 Å². The van der Waals surface area contributed by atoms with E-state index < -0.39 is 10.0 Å². The van der Waals surface area contributed by atoms with E-state index in [1.165, 1.54) is 23.2 Å². The van der Waals surface area contributed by atoms with E-state index in [-0.39, 0.29) is 10.8 Å². The third-order valence-corrected chi connectivity index (χ3v) is 8.26. The van der Waals surface area contributed by atoms with Gasteiger partial charge in [0.15, 0.2) is 0 Å². The van der Waals surface area contributed by atoms with Gasteiger partial charge in [0.1, 0.15) is 0 Å². The molecule has 0 radical (unpaired) electrons. The quantitative estimate of drug-likeness (QED) is 0.660. The summed E-state index contributed by atoms with van der Waals surface area (Å²) in [6, 6.07) is 4.87. The molecule has 2 aliphatic rings. The minimum atomic E-state index is -3.58. The molecule has 0 atom stereocenters. The highest BCUT2D eigenvalue weighted by atomic mass is 32.2. The molecule has 7 nitrogen and oxygen atoms in total. The molecule has 0 unspecified atom stereocenters. The number of nitrogens with zero attached hydrogens (tertiary/aromatic N) is 3. The zero-order chi connectivity index (χ0) is 21.7. The molecule has 0 spiro atoms. The number of likely N-dealkylation sites (tertiary alicyclic amines) is 1. The van der Waals surface area contributed by atoms with Gasteiger partial charge >= 0.3 is 0 Å². The highest BCUT2D eigenvalue weighted by molar-refractivity contribution is 7.89. The Morgan fingerprint density at radius 1 is 1.10 bits per heavy atom. The van der Waals surface area contributed by atoms with Crippen LogP contribution >= 0.6 is 0 Å². The number of hydrogen-bond donors (Lipinski definition) is 1. The number of sulfonamides is 1. The zero-order valence-corrected chi connectivity index (χ0v) is 19.4. The Kier molecular flexibility index (Phi) is 7.90. The Hall–Kier alpha value is -1.48. The summed E-state index contributed by atoms with van der Waals surface area (Å²) in [7, 11) is -1.59. The lowest BCUT2D eigenvalue weighted by Gasteiger charge is -2.31. The molecule has 0 bridgehead atoms. The maximum Gasteiger partial charge on any atom is 0.251 e. The van der Waals surface area contributed by atoms with Crippen LogP contribution in [0.1, 0.15) is 42.1 Å². The van der Waals surface area contributed by atoms with Crippen molar-refractivity contribution in [2.45, 2.75) is 38.0 Å². The summed E-state index contributed by atoms with van der Waals surface area (Å²) in [5.74, 6) is 0.619.